The number of anilines is 1. The number of amides is 1. The van der Waals surface area contributed by atoms with Crippen LogP contribution >= 0.6 is 0 Å². The first-order valence-electron chi connectivity index (χ1n) is 13.2. The van der Waals surface area contributed by atoms with E-state index in [1.807, 2.05) is 48.2 Å². The van der Waals surface area contributed by atoms with Gasteiger partial charge in [-0.3, -0.25) is 14.2 Å². The van der Waals surface area contributed by atoms with Gasteiger partial charge in [-0.05, 0) is 63.5 Å². The van der Waals surface area contributed by atoms with E-state index in [9.17, 15) is 9.59 Å². The predicted octanol–water partition coefficient (Wildman–Crippen LogP) is 3.21. The Kier molecular flexibility index (Phi) is 8.70. The molecule has 1 saturated heterocycles. The number of hydrogen-bond donors (Lipinski definition) is 1. The Balaban J connectivity index is 1.51. The summed E-state index contributed by atoms with van der Waals surface area (Å²) in [6.45, 7) is 11.7. The van der Waals surface area contributed by atoms with Crippen molar-refractivity contribution in [3.63, 3.8) is 0 Å². The number of nitrogens with zero attached hydrogens (tertiary/aromatic N) is 5. The van der Waals surface area contributed by atoms with Gasteiger partial charge in [-0.1, -0.05) is 43.7 Å². The topological polar surface area (TPSA) is 83.4 Å². The molecule has 4 rings (SSSR count). The summed E-state index contributed by atoms with van der Waals surface area (Å²) in [5.41, 5.74) is 3.30. The summed E-state index contributed by atoms with van der Waals surface area (Å²) in [4.78, 5) is 40.1. The summed E-state index contributed by atoms with van der Waals surface area (Å²) in [6.07, 6.45) is 4.30. The molecule has 1 aromatic carbocycles. The monoisotopic (exact) mass is 490 g/mol. The molecule has 8 nitrogen and oxygen atoms in total. The fourth-order valence-corrected chi connectivity index (χ4v) is 4.87. The Labute approximate surface area is 213 Å². The van der Waals surface area contributed by atoms with Crippen molar-refractivity contribution in [1.29, 1.82) is 0 Å². The Morgan fingerprint density at radius 3 is 2.69 bits per heavy atom. The summed E-state index contributed by atoms with van der Waals surface area (Å²) in [6, 6.07) is 11.9. The van der Waals surface area contributed by atoms with Gasteiger partial charge in [0.25, 0.3) is 5.56 Å². The van der Waals surface area contributed by atoms with Crippen molar-refractivity contribution < 1.29 is 4.79 Å². The van der Waals surface area contributed by atoms with E-state index in [1.54, 1.807) is 10.8 Å². The lowest BCUT2D eigenvalue weighted by molar-refractivity contribution is -0.125. The molecule has 3 heterocycles. The van der Waals surface area contributed by atoms with E-state index in [4.69, 9.17) is 4.98 Å². The zero-order valence-electron chi connectivity index (χ0n) is 21.7. The maximum Gasteiger partial charge on any atom is 0.295 e. The minimum absolute atomic E-state index is 0.0710. The molecule has 1 fully saturated rings. The molecule has 1 N–H and O–H groups in total. The molecule has 0 saturated carbocycles. The molecule has 1 amide bonds. The minimum Gasteiger partial charge on any atom is -0.356 e. The molecule has 0 bridgehead atoms. The van der Waals surface area contributed by atoms with Crippen LogP contribution in [0.5, 0.6) is 0 Å². The lowest BCUT2D eigenvalue weighted by atomic mass is 9.97. The second-order valence-electron chi connectivity index (χ2n) is 9.62. The molecule has 1 aliphatic heterocycles. The number of piperidine rings is 1. The van der Waals surface area contributed by atoms with Gasteiger partial charge in [-0.2, -0.15) is 0 Å². The van der Waals surface area contributed by atoms with Gasteiger partial charge < -0.3 is 15.1 Å². The first-order valence-corrected chi connectivity index (χ1v) is 13.2. The van der Waals surface area contributed by atoms with Crippen LogP contribution in [0.25, 0.3) is 11.2 Å². The van der Waals surface area contributed by atoms with Gasteiger partial charge in [-0.15, -0.1) is 0 Å². The lowest BCUT2D eigenvalue weighted by Crippen LogP contribution is -2.46. The van der Waals surface area contributed by atoms with E-state index in [-0.39, 0.29) is 17.4 Å². The smallest absolute Gasteiger partial charge is 0.295 e. The highest BCUT2D eigenvalue weighted by atomic mass is 16.2. The van der Waals surface area contributed by atoms with Gasteiger partial charge in [0.05, 0.1) is 12.5 Å². The zero-order valence-corrected chi connectivity index (χ0v) is 21.7. The summed E-state index contributed by atoms with van der Waals surface area (Å²) in [7, 11) is 0. The van der Waals surface area contributed by atoms with Crippen molar-refractivity contribution in [2.24, 2.45) is 5.92 Å². The molecule has 2 aromatic heterocycles. The van der Waals surface area contributed by atoms with Gasteiger partial charge in [0.1, 0.15) is 5.52 Å². The van der Waals surface area contributed by atoms with Crippen molar-refractivity contribution in [2.45, 2.75) is 46.6 Å². The van der Waals surface area contributed by atoms with Crippen LogP contribution in [0.4, 0.5) is 5.82 Å². The number of rotatable bonds is 10. The van der Waals surface area contributed by atoms with Gasteiger partial charge >= 0.3 is 0 Å². The molecule has 0 aliphatic carbocycles. The normalized spacial score (nSPS) is 16.0. The van der Waals surface area contributed by atoms with Crippen molar-refractivity contribution in [1.82, 2.24) is 24.8 Å². The second-order valence-corrected chi connectivity index (χ2v) is 9.62. The summed E-state index contributed by atoms with van der Waals surface area (Å²) in [5.74, 6) is 0.326. The average molecular weight is 491 g/mol. The number of benzene rings is 1. The molecule has 0 spiro atoms. The fourth-order valence-electron chi connectivity index (χ4n) is 4.87. The van der Waals surface area contributed by atoms with E-state index in [1.165, 1.54) is 5.56 Å². The molecule has 36 heavy (non-hydrogen) atoms. The van der Waals surface area contributed by atoms with Crippen LogP contribution in [-0.4, -0.2) is 64.6 Å². The van der Waals surface area contributed by atoms with Crippen molar-refractivity contribution in [2.75, 3.05) is 44.2 Å². The van der Waals surface area contributed by atoms with Crippen LogP contribution in [0, 0.1) is 12.8 Å². The van der Waals surface area contributed by atoms with Gasteiger partial charge in [0.15, 0.2) is 11.5 Å². The van der Waals surface area contributed by atoms with E-state index in [0.717, 1.165) is 44.5 Å². The number of fused-ring (bicyclic) bond motifs is 1. The number of carbonyl (C=O) groups is 1. The third-order valence-corrected chi connectivity index (χ3v) is 7.08. The Morgan fingerprint density at radius 1 is 1.17 bits per heavy atom. The molecule has 1 aliphatic rings. The Morgan fingerprint density at radius 2 is 1.94 bits per heavy atom. The second kappa shape index (κ2) is 12.1. The van der Waals surface area contributed by atoms with E-state index in [2.05, 4.69) is 29.0 Å². The number of hydrogen-bond acceptors (Lipinski definition) is 6. The minimum atomic E-state index is -0.165. The third kappa shape index (κ3) is 6.10. The predicted molar refractivity (Wildman–Crippen MR) is 144 cm³/mol. The summed E-state index contributed by atoms with van der Waals surface area (Å²) >= 11 is 0. The van der Waals surface area contributed by atoms with Crippen LogP contribution < -0.4 is 15.8 Å². The molecule has 0 radical (unpaired) electrons. The highest BCUT2D eigenvalue weighted by Crippen LogP contribution is 2.22. The van der Waals surface area contributed by atoms with Gasteiger partial charge in [0.2, 0.25) is 5.91 Å². The quantitative estimate of drug-likeness (QED) is 0.440. The third-order valence-electron chi connectivity index (χ3n) is 7.08. The largest absolute Gasteiger partial charge is 0.356 e. The maximum atomic E-state index is 13.7. The Hall–Kier alpha value is -3.26. The zero-order chi connectivity index (χ0) is 25.5. The number of pyridine rings is 1. The highest BCUT2D eigenvalue weighted by molar-refractivity contribution is 5.79. The fraction of sp³-hybridized carbons (Fsp3) is 0.500. The van der Waals surface area contributed by atoms with Gasteiger partial charge in [0, 0.05) is 25.8 Å². The Bertz CT molecular complexity index is 1220. The SMILES string of the molecule is CCN(CC)CCCNC(=O)[C@@H]1CCCN(c2nc3cccnc3n(Cc3ccc(C)cc3)c2=O)C1. The molecule has 8 heteroatoms. The number of aromatic nitrogens is 3. The first-order chi connectivity index (χ1) is 17.5. The van der Waals surface area contributed by atoms with E-state index >= 15 is 0 Å². The van der Waals surface area contributed by atoms with E-state index < -0.39 is 0 Å². The standard InChI is InChI=1S/C28H38N6O2/c1-4-32(5-2)17-8-16-30-27(35)23-9-7-18-33(20-23)26-28(36)34(19-22-13-11-21(3)12-14-22)25-24(31-26)10-6-15-29-25/h6,10-15,23H,4-5,7-9,16-20H2,1-3H3,(H,30,35)/t23-/m1/s1. The number of carbonyl (C=O) groups excluding carboxylic acids is 1. The molecular weight excluding hydrogens is 452 g/mol. The van der Waals surface area contributed by atoms with Crippen molar-refractivity contribution in [3.05, 3.63) is 64.1 Å². The van der Waals surface area contributed by atoms with Crippen molar-refractivity contribution >= 4 is 22.9 Å². The molecular formula is C28H38N6O2. The summed E-state index contributed by atoms with van der Waals surface area (Å²) in [5, 5.41) is 3.11. The van der Waals surface area contributed by atoms with Gasteiger partial charge in [-0.25, -0.2) is 9.97 Å². The first kappa shape index (κ1) is 25.8. The highest BCUT2D eigenvalue weighted by Gasteiger charge is 2.28. The van der Waals surface area contributed by atoms with Crippen LogP contribution in [-0.2, 0) is 11.3 Å². The summed E-state index contributed by atoms with van der Waals surface area (Å²) < 4.78 is 1.71. The number of aryl methyl sites for hydroxylation is 1. The maximum absolute atomic E-state index is 13.7. The van der Waals surface area contributed by atoms with Crippen LogP contribution in [0.1, 0.15) is 44.2 Å². The number of nitrogens with one attached hydrogen (secondary N) is 1. The molecule has 1 atom stereocenters. The van der Waals surface area contributed by atoms with Crippen LogP contribution in [0.2, 0.25) is 0 Å². The van der Waals surface area contributed by atoms with Crippen molar-refractivity contribution in [3.8, 4) is 0 Å². The molecule has 3 aromatic rings. The lowest BCUT2D eigenvalue weighted by Gasteiger charge is -2.32. The molecule has 192 valence electrons. The van der Waals surface area contributed by atoms with E-state index in [0.29, 0.717) is 43.2 Å². The molecule has 0 unspecified atom stereocenters. The van der Waals surface area contributed by atoms with Crippen LogP contribution in [0.3, 0.4) is 0 Å². The average Bonchev–Trinajstić information content (AvgIpc) is 2.91. The van der Waals surface area contributed by atoms with Crippen LogP contribution in [0.15, 0.2) is 47.4 Å².